The third-order valence-corrected chi connectivity index (χ3v) is 4.37. The van der Waals surface area contributed by atoms with Crippen LogP contribution in [-0.2, 0) is 18.3 Å². The Kier molecular flexibility index (Phi) is 6.64. The first kappa shape index (κ1) is 20.2. The van der Waals surface area contributed by atoms with Crippen molar-refractivity contribution in [1.82, 2.24) is 9.97 Å². The van der Waals surface area contributed by atoms with Crippen LogP contribution >= 0.6 is 8.25 Å². The van der Waals surface area contributed by atoms with Crippen molar-refractivity contribution >= 4 is 25.7 Å². The molecule has 6 N–H and O–H groups in total. The molecule has 1 aliphatic heterocycles. The summed E-state index contributed by atoms with van der Waals surface area (Å²) >= 11 is 0. The zero-order valence-electron chi connectivity index (χ0n) is 14.2. The number of nitrogen functional groups attached to an aromatic ring is 1. The highest BCUT2D eigenvalue weighted by Gasteiger charge is 2.47. The molecule has 0 radical (unpaired) electrons. The van der Waals surface area contributed by atoms with Crippen molar-refractivity contribution in [2.45, 2.75) is 24.5 Å². The largest absolute Gasteiger partial charge is 0.697 e. The number of nitrogens with zero attached hydrogens (tertiary/aromatic N) is 2. The number of nitrogens with one attached hydrogen (secondary N) is 2. The SMILES string of the molecule is C=CN(c1nc(N)[nH]c(=O)c1NC)[C@@H]1O[C@H](CO[P+](=O)OC)C(O)C1O. The average Bonchev–Trinajstić information content (AvgIpc) is 2.88. The van der Waals surface area contributed by atoms with E-state index in [1.165, 1.54) is 25.3 Å². The molecular weight excluding hydrogens is 369 g/mol. The van der Waals surface area contributed by atoms with Gasteiger partial charge in [-0.25, -0.2) is 0 Å². The molecule has 5 atom stereocenters. The molecule has 3 unspecified atom stereocenters. The maximum atomic E-state index is 12.0. The van der Waals surface area contributed by atoms with Gasteiger partial charge in [-0.3, -0.25) is 9.78 Å². The number of nitrogens with two attached hydrogens (primary N) is 1. The monoisotopic (exact) mass is 390 g/mol. The maximum Gasteiger partial charge on any atom is 0.697 e. The minimum absolute atomic E-state index is 0.0459. The standard InChI is InChI=1S/C13H20N5O7P/c1-4-18(10-7(15-2)11(21)17-13(14)16-10)12-9(20)8(19)6(25-12)5-24-26(22)23-3/h4,6,8-9,12,15,19-20H,1,5H2,2-3H3,(H2-,14,16,17,21)/p+1/t6-,8?,9?,12-/m1/s1. The molecule has 0 saturated carbocycles. The van der Waals surface area contributed by atoms with Gasteiger partial charge in [0.1, 0.15) is 30.6 Å². The quantitative estimate of drug-likeness (QED) is 0.349. The van der Waals surface area contributed by atoms with Crippen LogP contribution in [0.25, 0.3) is 0 Å². The number of hydrogen-bond acceptors (Lipinski definition) is 11. The second-order valence-electron chi connectivity index (χ2n) is 5.24. The normalized spacial score (nSPS) is 25.8. The number of aliphatic hydroxyl groups is 2. The fourth-order valence-electron chi connectivity index (χ4n) is 2.49. The Bertz CT molecular complexity index is 729. The maximum absolute atomic E-state index is 12.0. The molecule has 12 nitrogen and oxygen atoms in total. The van der Waals surface area contributed by atoms with E-state index >= 15 is 0 Å². The smallest absolute Gasteiger partial charge is 0.387 e. The van der Waals surface area contributed by atoms with Gasteiger partial charge in [-0.05, 0) is 0 Å². The molecule has 2 rings (SSSR count). The van der Waals surface area contributed by atoms with Gasteiger partial charge in [0.2, 0.25) is 5.95 Å². The van der Waals surface area contributed by atoms with Crippen molar-refractivity contribution in [3.8, 4) is 0 Å². The Balaban J connectivity index is 2.29. The summed E-state index contributed by atoms with van der Waals surface area (Å²) in [7, 11) is 0.342. The molecule has 13 heteroatoms. The molecule has 2 heterocycles. The van der Waals surface area contributed by atoms with E-state index in [-0.39, 0.29) is 24.1 Å². The van der Waals surface area contributed by atoms with Crippen molar-refractivity contribution in [2.75, 3.05) is 36.7 Å². The minimum atomic E-state index is -2.36. The molecule has 1 saturated heterocycles. The fraction of sp³-hybridized carbons (Fsp3) is 0.538. The van der Waals surface area contributed by atoms with Crippen molar-refractivity contribution in [3.63, 3.8) is 0 Å². The molecule has 1 fully saturated rings. The first-order valence-corrected chi connectivity index (χ1v) is 8.57. The van der Waals surface area contributed by atoms with Crippen LogP contribution in [0.1, 0.15) is 0 Å². The van der Waals surface area contributed by atoms with E-state index in [0.29, 0.717) is 0 Å². The lowest BCUT2D eigenvalue weighted by Crippen LogP contribution is -2.42. The van der Waals surface area contributed by atoms with Crippen molar-refractivity contribution in [3.05, 3.63) is 23.1 Å². The van der Waals surface area contributed by atoms with Crippen LogP contribution in [0.4, 0.5) is 17.5 Å². The molecule has 0 aliphatic carbocycles. The van der Waals surface area contributed by atoms with Crippen molar-refractivity contribution < 1.29 is 28.6 Å². The number of aromatic nitrogens is 2. The lowest BCUT2D eigenvalue weighted by atomic mass is 10.1. The van der Waals surface area contributed by atoms with E-state index in [0.717, 1.165) is 0 Å². The van der Waals surface area contributed by atoms with Gasteiger partial charge < -0.3 is 30.9 Å². The molecule has 0 spiro atoms. The van der Waals surface area contributed by atoms with E-state index in [1.807, 2.05) is 0 Å². The lowest BCUT2D eigenvalue weighted by molar-refractivity contribution is -0.0153. The highest BCUT2D eigenvalue weighted by atomic mass is 31.1. The topological polar surface area (TPSA) is 172 Å². The van der Waals surface area contributed by atoms with E-state index in [9.17, 15) is 19.6 Å². The predicted molar refractivity (Wildman–Crippen MR) is 92.7 cm³/mol. The molecule has 1 aromatic rings. The van der Waals surface area contributed by atoms with E-state index in [1.54, 1.807) is 0 Å². The number of rotatable bonds is 8. The summed E-state index contributed by atoms with van der Waals surface area (Å²) in [6.45, 7) is 3.34. The second-order valence-corrected chi connectivity index (χ2v) is 6.31. The van der Waals surface area contributed by atoms with Gasteiger partial charge in [0.15, 0.2) is 12.0 Å². The highest BCUT2D eigenvalue weighted by molar-refractivity contribution is 7.33. The number of aliphatic hydroxyl groups excluding tert-OH is 2. The summed E-state index contributed by atoms with van der Waals surface area (Å²) in [6, 6.07) is 0. The van der Waals surface area contributed by atoms with Crippen LogP contribution < -0.4 is 21.5 Å². The number of H-pyrrole nitrogens is 1. The third kappa shape index (κ3) is 4.01. The number of hydrogen-bond donors (Lipinski definition) is 5. The first-order valence-electron chi connectivity index (χ1n) is 7.48. The van der Waals surface area contributed by atoms with Crippen LogP contribution in [0, 0.1) is 0 Å². The predicted octanol–water partition coefficient (Wildman–Crippen LogP) is -0.889. The minimum Gasteiger partial charge on any atom is -0.387 e. The van der Waals surface area contributed by atoms with Crippen LogP contribution in [-0.4, -0.2) is 65.5 Å². The summed E-state index contributed by atoms with van der Waals surface area (Å²) < 4.78 is 26.2. The molecular formula is C13H21N5O7P+. The summed E-state index contributed by atoms with van der Waals surface area (Å²) in [4.78, 5) is 19.7. The second kappa shape index (κ2) is 8.54. The Hall–Kier alpha value is -2.08. The van der Waals surface area contributed by atoms with Gasteiger partial charge >= 0.3 is 8.25 Å². The highest BCUT2D eigenvalue weighted by Crippen LogP contribution is 2.32. The van der Waals surface area contributed by atoms with Crippen LogP contribution in [0.2, 0.25) is 0 Å². The molecule has 0 bridgehead atoms. The molecule has 144 valence electrons. The number of ether oxygens (including phenoxy) is 1. The van der Waals surface area contributed by atoms with Gasteiger partial charge in [0.25, 0.3) is 5.56 Å². The van der Waals surface area contributed by atoms with Gasteiger partial charge in [0, 0.05) is 17.8 Å². The third-order valence-electron chi connectivity index (χ3n) is 3.71. The zero-order chi connectivity index (χ0) is 19.4. The Morgan fingerprint density at radius 2 is 2.23 bits per heavy atom. The van der Waals surface area contributed by atoms with Crippen molar-refractivity contribution in [2.24, 2.45) is 0 Å². The summed E-state index contributed by atoms with van der Waals surface area (Å²) in [6.07, 6.45) is -3.61. The molecule has 26 heavy (non-hydrogen) atoms. The molecule has 0 aromatic carbocycles. The van der Waals surface area contributed by atoms with E-state index in [4.69, 9.17) is 15.0 Å². The number of anilines is 3. The van der Waals surface area contributed by atoms with Gasteiger partial charge in [-0.15, -0.1) is 9.05 Å². The summed E-state index contributed by atoms with van der Waals surface area (Å²) in [5.41, 5.74) is 5.11. The van der Waals surface area contributed by atoms with Gasteiger partial charge in [0.05, 0.1) is 7.11 Å². The Labute approximate surface area is 149 Å². The Morgan fingerprint density at radius 3 is 2.81 bits per heavy atom. The summed E-state index contributed by atoms with van der Waals surface area (Å²) in [5.74, 6) is -0.106. The average molecular weight is 390 g/mol. The van der Waals surface area contributed by atoms with Crippen LogP contribution in [0.3, 0.4) is 0 Å². The van der Waals surface area contributed by atoms with Crippen LogP contribution in [0.15, 0.2) is 17.6 Å². The Morgan fingerprint density at radius 1 is 1.54 bits per heavy atom. The number of aromatic amines is 1. The fourth-order valence-corrected chi connectivity index (χ4v) is 2.86. The summed E-state index contributed by atoms with van der Waals surface area (Å²) in [5, 5.41) is 23.2. The van der Waals surface area contributed by atoms with Crippen LogP contribution in [0.5, 0.6) is 0 Å². The van der Waals surface area contributed by atoms with E-state index < -0.39 is 38.4 Å². The molecule has 1 aromatic heterocycles. The lowest BCUT2D eigenvalue weighted by Gasteiger charge is -2.29. The zero-order valence-corrected chi connectivity index (χ0v) is 15.1. The van der Waals surface area contributed by atoms with Gasteiger partial charge in [-0.1, -0.05) is 6.58 Å². The van der Waals surface area contributed by atoms with Crippen molar-refractivity contribution in [1.29, 1.82) is 0 Å². The van der Waals surface area contributed by atoms with Gasteiger partial charge in [-0.2, -0.15) is 4.98 Å². The first-order chi connectivity index (χ1) is 12.3. The molecule has 1 aliphatic rings. The molecule has 0 amide bonds. The van der Waals surface area contributed by atoms with E-state index in [2.05, 4.69) is 26.4 Å².